The van der Waals surface area contributed by atoms with Crippen molar-refractivity contribution in [3.05, 3.63) is 71.3 Å². The van der Waals surface area contributed by atoms with Crippen LogP contribution in [0, 0.1) is 12.7 Å². The third-order valence-corrected chi connectivity index (χ3v) is 6.03. The molecule has 2 aromatic carbocycles. The number of aryl methyl sites for hydroxylation is 1. The lowest BCUT2D eigenvalue weighted by atomic mass is 9.85. The van der Waals surface area contributed by atoms with Gasteiger partial charge in [-0.1, -0.05) is 13.0 Å². The Labute approximate surface area is 207 Å². The number of aromatic nitrogens is 5. The number of nitrogens with one attached hydrogen (secondary N) is 1. The third-order valence-electron chi connectivity index (χ3n) is 6.03. The highest BCUT2D eigenvalue weighted by atomic mass is 19.1. The van der Waals surface area contributed by atoms with Crippen molar-refractivity contribution >= 4 is 11.7 Å². The van der Waals surface area contributed by atoms with Crippen molar-refractivity contribution in [1.29, 1.82) is 0 Å². The third kappa shape index (κ3) is 4.37. The highest BCUT2D eigenvalue weighted by Crippen LogP contribution is 2.42. The molecule has 0 radical (unpaired) electrons. The quantitative estimate of drug-likeness (QED) is 0.410. The van der Waals surface area contributed by atoms with E-state index in [1.54, 1.807) is 19.2 Å². The zero-order chi connectivity index (χ0) is 25.2. The number of benzene rings is 2. The first-order valence-electron chi connectivity index (χ1n) is 11.6. The molecule has 184 valence electrons. The van der Waals surface area contributed by atoms with Gasteiger partial charge in [-0.05, 0) is 55.3 Å². The van der Waals surface area contributed by atoms with Crippen molar-refractivity contribution in [2.75, 3.05) is 19.0 Å². The smallest absolute Gasteiger partial charge is 0.272 e. The van der Waals surface area contributed by atoms with Crippen molar-refractivity contribution in [2.45, 2.75) is 32.6 Å². The molecule has 0 spiro atoms. The molecule has 10 heteroatoms. The Kier molecular flexibility index (Phi) is 6.32. The van der Waals surface area contributed by atoms with Crippen molar-refractivity contribution in [3.8, 4) is 28.7 Å². The molecule has 3 heterocycles. The second-order valence-corrected chi connectivity index (χ2v) is 8.47. The number of fused-ring (bicyclic) bond motifs is 1. The molecule has 4 aromatic rings. The topological polar surface area (TPSA) is 104 Å². The number of hydrogen-bond donors (Lipinski definition) is 1. The van der Waals surface area contributed by atoms with Crippen molar-refractivity contribution in [1.82, 2.24) is 25.0 Å². The number of carbonyl (C=O) groups excluding carboxylic acids is 1. The van der Waals surface area contributed by atoms with Crippen LogP contribution in [-0.2, 0) is 4.79 Å². The molecule has 2 aromatic heterocycles. The van der Waals surface area contributed by atoms with E-state index in [1.807, 2.05) is 32.0 Å². The molecule has 0 saturated carbocycles. The fraction of sp³-hybridized carbons (Fsp3) is 0.269. The summed E-state index contributed by atoms with van der Waals surface area (Å²) in [6.45, 7) is 4.51. The molecule has 0 aliphatic carbocycles. The first-order valence-corrected chi connectivity index (χ1v) is 11.6. The summed E-state index contributed by atoms with van der Waals surface area (Å²) in [4.78, 5) is 17.4. The van der Waals surface area contributed by atoms with Crippen molar-refractivity contribution in [2.24, 2.45) is 0 Å². The maximum atomic E-state index is 13.4. The summed E-state index contributed by atoms with van der Waals surface area (Å²) in [5.74, 6) is 1.23. The summed E-state index contributed by atoms with van der Waals surface area (Å²) in [6, 6.07) is 11.7. The van der Waals surface area contributed by atoms with Gasteiger partial charge < -0.3 is 14.8 Å². The summed E-state index contributed by atoms with van der Waals surface area (Å²) in [6.07, 6.45) is 2.64. The minimum Gasteiger partial charge on any atom is -0.493 e. The fourth-order valence-electron chi connectivity index (χ4n) is 4.35. The molecule has 0 fully saturated rings. The summed E-state index contributed by atoms with van der Waals surface area (Å²) in [7, 11) is 1.60. The molecule has 1 aliphatic heterocycles. The summed E-state index contributed by atoms with van der Waals surface area (Å²) in [5.41, 5.74) is 3.71. The van der Waals surface area contributed by atoms with Crippen LogP contribution < -0.4 is 14.8 Å². The highest BCUT2D eigenvalue weighted by Gasteiger charge is 2.33. The minimum absolute atomic E-state index is 0.151. The van der Waals surface area contributed by atoms with Crippen LogP contribution >= 0.6 is 0 Å². The molecular formula is C26H25FN6O3. The monoisotopic (exact) mass is 488 g/mol. The second-order valence-electron chi connectivity index (χ2n) is 8.47. The number of halogens is 1. The van der Waals surface area contributed by atoms with E-state index in [0.717, 1.165) is 23.2 Å². The second kappa shape index (κ2) is 9.73. The fourth-order valence-corrected chi connectivity index (χ4v) is 4.35. The Balaban J connectivity index is 1.55. The Bertz CT molecular complexity index is 1420. The molecule has 0 bridgehead atoms. The van der Waals surface area contributed by atoms with Gasteiger partial charge in [-0.2, -0.15) is 14.9 Å². The molecule has 1 aliphatic rings. The van der Waals surface area contributed by atoms with Crippen molar-refractivity contribution in [3.63, 3.8) is 0 Å². The Morgan fingerprint density at radius 1 is 1.17 bits per heavy atom. The van der Waals surface area contributed by atoms with E-state index in [-0.39, 0.29) is 30.0 Å². The van der Waals surface area contributed by atoms with Gasteiger partial charge in [-0.3, -0.25) is 4.79 Å². The maximum Gasteiger partial charge on any atom is 0.272 e. The number of nitrogens with zero attached hydrogens (tertiary/aromatic N) is 5. The molecular weight excluding hydrogens is 463 g/mol. The van der Waals surface area contributed by atoms with E-state index in [4.69, 9.17) is 9.47 Å². The zero-order valence-corrected chi connectivity index (χ0v) is 20.2. The van der Waals surface area contributed by atoms with Crippen molar-refractivity contribution < 1.29 is 18.7 Å². The Morgan fingerprint density at radius 2 is 1.97 bits per heavy atom. The van der Waals surface area contributed by atoms with Crippen LogP contribution in [0.15, 0.2) is 48.7 Å². The lowest BCUT2D eigenvalue weighted by Gasteiger charge is -2.25. The summed E-state index contributed by atoms with van der Waals surface area (Å²) >= 11 is 0. The average Bonchev–Trinajstić information content (AvgIpc) is 3.23. The van der Waals surface area contributed by atoms with Gasteiger partial charge in [-0.25, -0.2) is 9.37 Å². The van der Waals surface area contributed by atoms with E-state index >= 15 is 0 Å². The largest absolute Gasteiger partial charge is 0.493 e. The van der Waals surface area contributed by atoms with E-state index in [1.165, 1.54) is 23.0 Å². The molecule has 1 amide bonds. The van der Waals surface area contributed by atoms with Crippen LogP contribution in [0.3, 0.4) is 0 Å². The van der Waals surface area contributed by atoms with Gasteiger partial charge >= 0.3 is 0 Å². The number of hydrogen-bond acceptors (Lipinski definition) is 7. The molecule has 1 unspecified atom stereocenters. The number of anilines is 1. The molecule has 9 nitrogen and oxygen atoms in total. The van der Waals surface area contributed by atoms with Crippen LogP contribution in [0.5, 0.6) is 11.5 Å². The van der Waals surface area contributed by atoms with E-state index in [2.05, 4.69) is 25.6 Å². The van der Waals surface area contributed by atoms with Gasteiger partial charge in [0.1, 0.15) is 11.6 Å². The SMILES string of the molecule is CCCOc1ccc(C2CC(=O)Nc3c2c(C)nn3-c2nncc(-c3ccc(F)cc3)n2)cc1OC. The standard InChI is InChI=1S/C26H25FN6O3/c1-4-11-36-21-10-7-17(12-22(21)35-3)19-13-23(34)30-25-24(19)15(2)32-33(25)26-29-20(14-28-31-26)16-5-8-18(27)9-6-16/h5-10,12,14,19H,4,11,13H2,1-3H3,(H,30,34). The van der Waals surface area contributed by atoms with Crippen LogP contribution in [0.4, 0.5) is 10.2 Å². The Hall–Kier alpha value is -4.34. The van der Waals surface area contributed by atoms with E-state index < -0.39 is 0 Å². The predicted octanol–water partition coefficient (Wildman–Crippen LogP) is 4.44. The first kappa shape index (κ1) is 23.4. The number of ether oxygens (including phenoxy) is 2. The Morgan fingerprint density at radius 3 is 2.72 bits per heavy atom. The van der Waals surface area contributed by atoms with Gasteiger partial charge in [0.25, 0.3) is 5.95 Å². The number of rotatable bonds is 7. The molecule has 36 heavy (non-hydrogen) atoms. The highest BCUT2D eigenvalue weighted by molar-refractivity contribution is 5.95. The number of methoxy groups -OCH3 is 1. The molecule has 0 saturated heterocycles. The van der Waals surface area contributed by atoms with Crippen LogP contribution in [-0.4, -0.2) is 44.6 Å². The lowest BCUT2D eigenvalue weighted by Crippen LogP contribution is -2.25. The predicted molar refractivity (Wildman–Crippen MR) is 131 cm³/mol. The first-order chi connectivity index (χ1) is 17.5. The minimum atomic E-state index is -0.340. The van der Waals surface area contributed by atoms with Crippen LogP contribution in [0.2, 0.25) is 0 Å². The summed E-state index contributed by atoms with van der Waals surface area (Å²) < 4.78 is 26.2. The van der Waals surface area contributed by atoms with E-state index in [9.17, 15) is 9.18 Å². The molecule has 1 N–H and O–H groups in total. The van der Waals surface area contributed by atoms with Gasteiger partial charge in [0, 0.05) is 23.5 Å². The summed E-state index contributed by atoms with van der Waals surface area (Å²) in [5, 5.41) is 15.8. The maximum absolute atomic E-state index is 13.4. The van der Waals surface area contributed by atoms with Gasteiger partial charge in [-0.15, -0.1) is 5.10 Å². The molecule has 1 atom stereocenters. The van der Waals surface area contributed by atoms with Gasteiger partial charge in [0.2, 0.25) is 5.91 Å². The lowest BCUT2D eigenvalue weighted by molar-refractivity contribution is -0.116. The normalized spacial score (nSPS) is 14.8. The van der Waals surface area contributed by atoms with Crippen LogP contribution in [0.1, 0.15) is 42.5 Å². The zero-order valence-electron chi connectivity index (χ0n) is 20.2. The average molecular weight is 489 g/mol. The van der Waals surface area contributed by atoms with Crippen LogP contribution in [0.25, 0.3) is 17.2 Å². The number of carbonyl (C=O) groups is 1. The molecule has 5 rings (SSSR count). The number of amides is 1. The van der Waals surface area contributed by atoms with Gasteiger partial charge in [0.05, 0.1) is 31.3 Å². The van der Waals surface area contributed by atoms with Gasteiger partial charge in [0.15, 0.2) is 11.5 Å². The van der Waals surface area contributed by atoms with E-state index in [0.29, 0.717) is 35.2 Å².